The Labute approximate surface area is 135 Å². The van der Waals surface area contributed by atoms with Crippen molar-refractivity contribution in [3.05, 3.63) is 47.5 Å². The monoisotopic (exact) mass is 314 g/mol. The summed E-state index contributed by atoms with van der Waals surface area (Å²) in [5.41, 5.74) is 1.96. The SMILES string of the molecule is CC(C)(C)n1cnc(C(=O)N2CCc3ccccc3C2CO)n1. The molecule has 0 spiro atoms. The summed E-state index contributed by atoms with van der Waals surface area (Å²) in [6.07, 6.45) is 2.36. The van der Waals surface area contributed by atoms with E-state index in [1.54, 1.807) is 15.9 Å². The lowest BCUT2D eigenvalue weighted by molar-refractivity contribution is 0.0555. The van der Waals surface area contributed by atoms with Crippen molar-refractivity contribution in [2.45, 2.75) is 38.8 Å². The van der Waals surface area contributed by atoms with Gasteiger partial charge in [0.15, 0.2) is 0 Å². The summed E-state index contributed by atoms with van der Waals surface area (Å²) >= 11 is 0. The van der Waals surface area contributed by atoms with Crippen molar-refractivity contribution in [3.8, 4) is 0 Å². The van der Waals surface area contributed by atoms with Gasteiger partial charge in [0.25, 0.3) is 5.91 Å². The molecule has 0 aliphatic carbocycles. The molecule has 1 aromatic carbocycles. The van der Waals surface area contributed by atoms with Crippen molar-refractivity contribution >= 4 is 5.91 Å². The van der Waals surface area contributed by atoms with Crippen molar-refractivity contribution in [1.29, 1.82) is 0 Å². The first-order valence-corrected chi connectivity index (χ1v) is 7.83. The fourth-order valence-electron chi connectivity index (χ4n) is 2.90. The van der Waals surface area contributed by atoms with E-state index in [0.717, 1.165) is 12.0 Å². The van der Waals surface area contributed by atoms with Gasteiger partial charge >= 0.3 is 0 Å². The summed E-state index contributed by atoms with van der Waals surface area (Å²) in [5.74, 6) is -0.0562. The zero-order valence-corrected chi connectivity index (χ0v) is 13.7. The van der Waals surface area contributed by atoms with E-state index in [-0.39, 0.29) is 29.9 Å². The predicted octanol–water partition coefficient (Wildman–Crippen LogP) is 1.77. The van der Waals surface area contributed by atoms with Crippen LogP contribution in [0, 0.1) is 0 Å². The normalized spacial score (nSPS) is 17.9. The Morgan fingerprint density at radius 3 is 2.74 bits per heavy atom. The number of aromatic nitrogens is 3. The quantitative estimate of drug-likeness (QED) is 0.917. The number of aliphatic hydroxyl groups is 1. The molecule has 2 aromatic rings. The zero-order valence-electron chi connectivity index (χ0n) is 13.7. The molecule has 0 radical (unpaired) electrons. The van der Waals surface area contributed by atoms with E-state index >= 15 is 0 Å². The molecule has 1 unspecified atom stereocenters. The molecule has 6 heteroatoms. The molecular weight excluding hydrogens is 292 g/mol. The first kappa shape index (κ1) is 15.7. The number of aliphatic hydroxyl groups excluding tert-OH is 1. The van der Waals surface area contributed by atoms with Gasteiger partial charge in [-0.3, -0.25) is 4.79 Å². The van der Waals surface area contributed by atoms with Gasteiger partial charge in [-0.15, -0.1) is 5.10 Å². The van der Waals surface area contributed by atoms with Crippen LogP contribution < -0.4 is 0 Å². The Morgan fingerprint density at radius 2 is 2.09 bits per heavy atom. The largest absolute Gasteiger partial charge is 0.394 e. The fraction of sp³-hybridized carbons (Fsp3) is 0.471. The molecule has 1 atom stereocenters. The second-order valence-corrected chi connectivity index (χ2v) is 6.83. The van der Waals surface area contributed by atoms with Crippen LogP contribution >= 0.6 is 0 Å². The highest BCUT2D eigenvalue weighted by Gasteiger charge is 2.32. The molecule has 1 N–H and O–H groups in total. The standard InChI is InChI=1S/C17H22N4O2/c1-17(2,3)21-11-18-15(19-21)16(23)20-9-8-12-6-4-5-7-13(12)14(20)10-22/h4-7,11,14,22H,8-10H2,1-3H3. The maximum absolute atomic E-state index is 12.8. The van der Waals surface area contributed by atoms with Crippen LogP contribution in [0.3, 0.4) is 0 Å². The van der Waals surface area contributed by atoms with Crippen molar-refractivity contribution in [1.82, 2.24) is 19.7 Å². The van der Waals surface area contributed by atoms with Gasteiger partial charge in [0.2, 0.25) is 5.82 Å². The van der Waals surface area contributed by atoms with Crippen molar-refractivity contribution < 1.29 is 9.90 Å². The van der Waals surface area contributed by atoms with E-state index in [4.69, 9.17) is 0 Å². The smallest absolute Gasteiger partial charge is 0.294 e. The number of hydrogen-bond donors (Lipinski definition) is 1. The minimum Gasteiger partial charge on any atom is -0.394 e. The number of carbonyl (C=O) groups is 1. The topological polar surface area (TPSA) is 71.2 Å². The Hall–Kier alpha value is -2.21. The summed E-state index contributed by atoms with van der Waals surface area (Å²) in [5, 5.41) is 14.1. The van der Waals surface area contributed by atoms with Gasteiger partial charge in [-0.1, -0.05) is 24.3 Å². The molecule has 3 rings (SSSR count). The number of amides is 1. The van der Waals surface area contributed by atoms with Gasteiger partial charge in [-0.05, 0) is 38.3 Å². The van der Waals surface area contributed by atoms with E-state index < -0.39 is 0 Å². The highest BCUT2D eigenvalue weighted by atomic mass is 16.3. The lowest BCUT2D eigenvalue weighted by atomic mass is 9.93. The van der Waals surface area contributed by atoms with Crippen LogP contribution in [0.15, 0.2) is 30.6 Å². The summed E-state index contributed by atoms with van der Waals surface area (Å²) < 4.78 is 1.69. The van der Waals surface area contributed by atoms with Gasteiger partial charge in [-0.25, -0.2) is 9.67 Å². The number of nitrogens with zero attached hydrogens (tertiary/aromatic N) is 4. The third-order valence-corrected chi connectivity index (χ3v) is 4.22. The predicted molar refractivity (Wildman–Crippen MR) is 86.0 cm³/mol. The molecule has 0 bridgehead atoms. The number of fused-ring (bicyclic) bond motifs is 1. The van der Waals surface area contributed by atoms with E-state index in [1.807, 2.05) is 45.0 Å². The third-order valence-electron chi connectivity index (χ3n) is 4.22. The molecular formula is C17H22N4O2. The molecule has 1 amide bonds. The Kier molecular flexibility index (Phi) is 3.93. The molecule has 0 saturated carbocycles. The molecule has 6 nitrogen and oxygen atoms in total. The molecule has 2 heterocycles. The Bertz CT molecular complexity index is 717. The summed E-state index contributed by atoms with van der Waals surface area (Å²) in [6.45, 7) is 6.46. The van der Waals surface area contributed by atoms with E-state index in [0.29, 0.717) is 6.54 Å². The molecule has 23 heavy (non-hydrogen) atoms. The first-order valence-electron chi connectivity index (χ1n) is 7.83. The first-order chi connectivity index (χ1) is 10.9. The maximum Gasteiger partial charge on any atom is 0.294 e. The molecule has 122 valence electrons. The lowest BCUT2D eigenvalue weighted by Gasteiger charge is -2.35. The average molecular weight is 314 g/mol. The summed E-state index contributed by atoms with van der Waals surface area (Å²) in [7, 11) is 0. The maximum atomic E-state index is 12.8. The van der Waals surface area contributed by atoms with Crippen LogP contribution in [-0.2, 0) is 12.0 Å². The number of rotatable bonds is 2. The number of carbonyl (C=O) groups excluding carboxylic acids is 1. The van der Waals surface area contributed by atoms with Crippen LogP contribution in [-0.4, -0.2) is 43.8 Å². The molecule has 0 fully saturated rings. The second-order valence-electron chi connectivity index (χ2n) is 6.83. The Balaban J connectivity index is 1.89. The van der Waals surface area contributed by atoms with Gasteiger partial charge in [0, 0.05) is 6.54 Å². The average Bonchev–Trinajstić information content (AvgIpc) is 3.03. The van der Waals surface area contributed by atoms with Crippen LogP contribution in [0.4, 0.5) is 0 Å². The highest BCUT2D eigenvalue weighted by Crippen LogP contribution is 2.30. The number of benzene rings is 1. The van der Waals surface area contributed by atoms with E-state index in [2.05, 4.69) is 10.1 Å². The minimum atomic E-state index is -0.339. The molecule has 0 saturated heterocycles. The van der Waals surface area contributed by atoms with Crippen LogP contribution in [0.1, 0.15) is 48.6 Å². The van der Waals surface area contributed by atoms with Crippen LogP contribution in [0.25, 0.3) is 0 Å². The second kappa shape index (κ2) is 5.77. The summed E-state index contributed by atoms with van der Waals surface area (Å²) in [4.78, 5) is 18.6. The fourth-order valence-corrected chi connectivity index (χ4v) is 2.90. The van der Waals surface area contributed by atoms with Gasteiger partial charge in [0.1, 0.15) is 6.33 Å². The molecule has 1 aliphatic heterocycles. The van der Waals surface area contributed by atoms with E-state index in [9.17, 15) is 9.90 Å². The van der Waals surface area contributed by atoms with Crippen molar-refractivity contribution in [3.63, 3.8) is 0 Å². The van der Waals surface area contributed by atoms with E-state index in [1.165, 1.54) is 5.56 Å². The zero-order chi connectivity index (χ0) is 16.6. The van der Waals surface area contributed by atoms with Gasteiger partial charge in [-0.2, -0.15) is 0 Å². The van der Waals surface area contributed by atoms with Crippen molar-refractivity contribution in [2.75, 3.05) is 13.2 Å². The van der Waals surface area contributed by atoms with Gasteiger partial charge in [0.05, 0.1) is 18.2 Å². The lowest BCUT2D eigenvalue weighted by Crippen LogP contribution is -2.42. The number of hydrogen-bond acceptors (Lipinski definition) is 4. The summed E-state index contributed by atoms with van der Waals surface area (Å²) in [6, 6.07) is 7.59. The minimum absolute atomic E-state index is 0.108. The van der Waals surface area contributed by atoms with Crippen LogP contribution in [0.5, 0.6) is 0 Å². The third kappa shape index (κ3) is 2.86. The molecule has 1 aliphatic rings. The molecule has 1 aromatic heterocycles. The van der Waals surface area contributed by atoms with Gasteiger partial charge < -0.3 is 10.0 Å². The van der Waals surface area contributed by atoms with Crippen molar-refractivity contribution in [2.24, 2.45) is 0 Å². The van der Waals surface area contributed by atoms with Crippen LogP contribution in [0.2, 0.25) is 0 Å². The highest BCUT2D eigenvalue weighted by molar-refractivity contribution is 5.91. The Morgan fingerprint density at radius 1 is 1.35 bits per heavy atom.